The van der Waals surface area contributed by atoms with Gasteiger partial charge in [-0.2, -0.15) is 0 Å². The highest BCUT2D eigenvalue weighted by Gasteiger charge is 2.32. The van der Waals surface area contributed by atoms with Crippen molar-refractivity contribution in [3.05, 3.63) is 0 Å². The molecule has 0 aromatic rings. The maximum absolute atomic E-state index is 9.40. The van der Waals surface area contributed by atoms with E-state index in [0.717, 1.165) is 19.6 Å². The first-order chi connectivity index (χ1) is 9.56. The summed E-state index contributed by atoms with van der Waals surface area (Å²) in [5.41, 5.74) is 0.349. The molecule has 3 nitrogen and oxygen atoms in total. The van der Waals surface area contributed by atoms with Crippen LogP contribution >= 0.6 is 0 Å². The Hall–Kier alpha value is -0.120. The highest BCUT2D eigenvalue weighted by atomic mass is 16.3. The van der Waals surface area contributed by atoms with Gasteiger partial charge in [-0.25, -0.2) is 0 Å². The van der Waals surface area contributed by atoms with Crippen molar-refractivity contribution in [1.82, 2.24) is 10.2 Å². The third-order valence-corrected chi connectivity index (χ3v) is 5.15. The van der Waals surface area contributed by atoms with E-state index in [4.69, 9.17) is 0 Å². The molecule has 1 aliphatic carbocycles. The Morgan fingerprint density at radius 1 is 1.20 bits per heavy atom. The molecule has 0 atom stereocenters. The molecule has 0 aliphatic heterocycles. The highest BCUT2D eigenvalue weighted by molar-refractivity contribution is 4.87. The second-order valence-electron chi connectivity index (χ2n) is 6.88. The molecule has 0 bridgehead atoms. The molecule has 3 heteroatoms. The molecule has 0 aromatic heterocycles. The molecule has 1 aliphatic rings. The molecule has 0 saturated heterocycles. The van der Waals surface area contributed by atoms with Crippen LogP contribution in [-0.2, 0) is 0 Å². The van der Waals surface area contributed by atoms with E-state index >= 15 is 0 Å². The lowest BCUT2D eigenvalue weighted by molar-refractivity contribution is 0.0798. The first-order valence-electron chi connectivity index (χ1n) is 8.65. The summed E-state index contributed by atoms with van der Waals surface area (Å²) in [5, 5.41) is 13.0. The van der Waals surface area contributed by atoms with Crippen LogP contribution in [0.3, 0.4) is 0 Å². The molecule has 2 N–H and O–H groups in total. The number of aliphatic hydroxyl groups is 1. The second-order valence-corrected chi connectivity index (χ2v) is 6.88. The molecule has 0 radical (unpaired) electrons. The van der Waals surface area contributed by atoms with Crippen LogP contribution in [0.1, 0.15) is 66.2 Å². The van der Waals surface area contributed by atoms with Gasteiger partial charge in [-0.15, -0.1) is 0 Å². The zero-order valence-electron chi connectivity index (χ0n) is 14.1. The standard InChI is InChI=1S/C17H36N2O/c1-5-17(6-2,13-18-15(3)4)14-19(11-12-20)16-9-7-8-10-16/h15-16,18,20H,5-14H2,1-4H3. The minimum atomic E-state index is 0.289. The summed E-state index contributed by atoms with van der Waals surface area (Å²) in [6, 6.07) is 1.25. The van der Waals surface area contributed by atoms with Crippen LogP contribution in [0.2, 0.25) is 0 Å². The van der Waals surface area contributed by atoms with Gasteiger partial charge in [-0.3, -0.25) is 4.90 Å². The van der Waals surface area contributed by atoms with Crippen LogP contribution in [0, 0.1) is 5.41 Å². The number of nitrogens with zero attached hydrogens (tertiary/aromatic N) is 1. The fourth-order valence-corrected chi connectivity index (χ4v) is 3.42. The van der Waals surface area contributed by atoms with E-state index in [-0.39, 0.29) is 6.61 Å². The van der Waals surface area contributed by atoms with Crippen molar-refractivity contribution < 1.29 is 5.11 Å². The molecule has 0 aromatic carbocycles. The van der Waals surface area contributed by atoms with Crippen molar-refractivity contribution in [2.45, 2.75) is 78.3 Å². The SMILES string of the molecule is CCC(CC)(CNC(C)C)CN(CCO)C1CCCC1. The smallest absolute Gasteiger partial charge is 0.0558 e. The number of hydrogen-bond donors (Lipinski definition) is 2. The third kappa shape index (κ3) is 5.34. The molecule has 1 rings (SSSR count). The Balaban J connectivity index is 2.67. The molecule has 0 amide bonds. The molecule has 20 heavy (non-hydrogen) atoms. The number of hydrogen-bond acceptors (Lipinski definition) is 3. The van der Waals surface area contributed by atoms with E-state index in [1.54, 1.807) is 0 Å². The summed E-state index contributed by atoms with van der Waals surface area (Å²) in [7, 11) is 0. The van der Waals surface area contributed by atoms with Gasteiger partial charge in [0, 0.05) is 31.7 Å². The molecular weight excluding hydrogens is 248 g/mol. The Morgan fingerprint density at radius 2 is 1.80 bits per heavy atom. The summed E-state index contributed by atoms with van der Waals surface area (Å²) in [5.74, 6) is 0. The van der Waals surface area contributed by atoms with E-state index < -0.39 is 0 Å². The normalized spacial score (nSPS) is 17.6. The topological polar surface area (TPSA) is 35.5 Å². The molecule has 0 unspecified atom stereocenters. The lowest BCUT2D eigenvalue weighted by Crippen LogP contribution is -2.48. The zero-order valence-corrected chi connectivity index (χ0v) is 14.1. The Kier molecular flexibility index (Phi) is 8.08. The molecule has 1 fully saturated rings. The van der Waals surface area contributed by atoms with E-state index in [1.165, 1.54) is 38.5 Å². The number of rotatable bonds is 10. The van der Waals surface area contributed by atoms with E-state index in [2.05, 4.69) is 37.9 Å². The Bertz CT molecular complexity index is 245. The molecule has 1 saturated carbocycles. The largest absolute Gasteiger partial charge is 0.395 e. The average Bonchev–Trinajstić information content (AvgIpc) is 2.96. The van der Waals surface area contributed by atoms with Crippen molar-refractivity contribution in [3.63, 3.8) is 0 Å². The molecule has 120 valence electrons. The Labute approximate surface area is 126 Å². The van der Waals surface area contributed by atoms with Crippen molar-refractivity contribution in [2.75, 3.05) is 26.2 Å². The van der Waals surface area contributed by atoms with Crippen molar-refractivity contribution in [3.8, 4) is 0 Å². The number of aliphatic hydroxyl groups excluding tert-OH is 1. The van der Waals surface area contributed by atoms with Crippen LogP contribution in [-0.4, -0.2) is 48.3 Å². The van der Waals surface area contributed by atoms with Crippen molar-refractivity contribution in [2.24, 2.45) is 5.41 Å². The predicted octanol–water partition coefficient (Wildman–Crippen LogP) is 3.03. The lowest BCUT2D eigenvalue weighted by Gasteiger charge is -2.40. The predicted molar refractivity (Wildman–Crippen MR) is 87.1 cm³/mol. The fourth-order valence-electron chi connectivity index (χ4n) is 3.42. The fraction of sp³-hybridized carbons (Fsp3) is 1.00. The lowest BCUT2D eigenvalue weighted by atomic mass is 9.81. The van der Waals surface area contributed by atoms with Crippen LogP contribution in [0.5, 0.6) is 0 Å². The zero-order chi connectivity index (χ0) is 15.0. The first-order valence-corrected chi connectivity index (χ1v) is 8.65. The van der Waals surface area contributed by atoms with E-state index in [9.17, 15) is 5.11 Å². The average molecular weight is 284 g/mol. The van der Waals surface area contributed by atoms with Gasteiger partial charge in [0.1, 0.15) is 0 Å². The van der Waals surface area contributed by atoms with Gasteiger partial charge in [0.25, 0.3) is 0 Å². The molecular formula is C17H36N2O. The van der Waals surface area contributed by atoms with Gasteiger partial charge in [0.2, 0.25) is 0 Å². The second kappa shape index (κ2) is 9.01. The summed E-state index contributed by atoms with van der Waals surface area (Å²) >= 11 is 0. The monoisotopic (exact) mass is 284 g/mol. The van der Waals surface area contributed by atoms with Gasteiger partial charge in [0.15, 0.2) is 0 Å². The van der Waals surface area contributed by atoms with Gasteiger partial charge < -0.3 is 10.4 Å². The van der Waals surface area contributed by atoms with Crippen LogP contribution < -0.4 is 5.32 Å². The molecule has 0 heterocycles. The van der Waals surface area contributed by atoms with Gasteiger partial charge >= 0.3 is 0 Å². The van der Waals surface area contributed by atoms with Gasteiger partial charge in [-0.1, -0.05) is 40.5 Å². The quantitative estimate of drug-likeness (QED) is 0.647. The first kappa shape index (κ1) is 17.9. The minimum Gasteiger partial charge on any atom is -0.395 e. The summed E-state index contributed by atoms with van der Waals surface area (Å²) in [6.07, 6.45) is 7.78. The van der Waals surface area contributed by atoms with Crippen LogP contribution in [0.25, 0.3) is 0 Å². The summed E-state index contributed by atoms with van der Waals surface area (Å²) in [4.78, 5) is 2.57. The number of nitrogens with one attached hydrogen (secondary N) is 1. The Morgan fingerprint density at radius 3 is 2.25 bits per heavy atom. The van der Waals surface area contributed by atoms with Crippen molar-refractivity contribution >= 4 is 0 Å². The van der Waals surface area contributed by atoms with Crippen LogP contribution in [0.15, 0.2) is 0 Å². The van der Waals surface area contributed by atoms with Gasteiger partial charge in [0.05, 0.1) is 6.61 Å². The molecule has 0 spiro atoms. The van der Waals surface area contributed by atoms with E-state index in [1.807, 2.05) is 0 Å². The van der Waals surface area contributed by atoms with Crippen LogP contribution in [0.4, 0.5) is 0 Å². The summed E-state index contributed by atoms with van der Waals surface area (Å²) < 4.78 is 0. The maximum atomic E-state index is 9.40. The van der Waals surface area contributed by atoms with Gasteiger partial charge in [-0.05, 0) is 31.1 Å². The minimum absolute atomic E-state index is 0.289. The van der Waals surface area contributed by atoms with Crippen molar-refractivity contribution in [1.29, 1.82) is 0 Å². The highest BCUT2D eigenvalue weighted by Crippen LogP contribution is 2.31. The summed E-state index contributed by atoms with van der Waals surface area (Å²) in [6.45, 7) is 12.4. The maximum Gasteiger partial charge on any atom is 0.0558 e. The van der Waals surface area contributed by atoms with E-state index in [0.29, 0.717) is 17.5 Å². The third-order valence-electron chi connectivity index (χ3n) is 5.15.